The van der Waals surface area contributed by atoms with E-state index in [2.05, 4.69) is 5.32 Å². The van der Waals surface area contributed by atoms with E-state index in [0.717, 1.165) is 16.7 Å². The van der Waals surface area contributed by atoms with Gasteiger partial charge in [0, 0.05) is 24.2 Å². The quantitative estimate of drug-likeness (QED) is 0.187. The minimum Gasteiger partial charge on any atom is -0.497 e. The average Bonchev–Trinajstić information content (AvgIpc) is 3.04. The molecule has 2 amide bonds. The van der Waals surface area contributed by atoms with Gasteiger partial charge in [-0.05, 0) is 72.9 Å². The molecule has 0 aliphatic rings. The molecule has 0 unspecified atom stereocenters. The van der Waals surface area contributed by atoms with E-state index in [-0.39, 0.29) is 37.4 Å². The number of carbonyl (C=O) groups excluding carboxylic acids is 2. The van der Waals surface area contributed by atoms with Gasteiger partial charge in [-0.1, -0.05) is 66.2 Å². The largest absolute Gasteiger partial charge is 0.497 e. The molecule has 44 heavy (non-hydrogen) atoms. The third-order valence-electron chi connectivity index (χ3n) is 7.57. The zero-order valence-electron chi connectivity index (χ0n) is 25.5. The molecule has 0 aliphatic carbocycles. The molecule has 0 aromatic heterocycles. The fraction of sp³-hybridized carbons (Fsp3) is 0.250. The van der Waals surface area contributed by atoms with Crippen LogP contribution in [0.4, 0.5) is 0 Å². The second-order valence-corrected chi connectivity index (χ2v) is 10.6. The molecule has 1 atom stereocenters. The summed E-state index contributed by atoms with van der Waals surface area (Å²) in [6, 6.07) is 27.5. The van der Waals surface area contributed by atoms with Gasteiger partial charge >= 0.3 is 5.97 Å². The SMILES string of the molecule is COc1ccc(OC)c(CCN(CCC(=O)O)C(=O)c2ccccc2-c2ccccc2C(=O)N[C@H](C)c2ccc(C)cc2)c1. The van der Waals surface area contributed by atoms with Crippen molar-refractivity contribution in [2.24, 2.45) is 0 Å². The molecule has 0 saturated heterocycles. The van der Waals surface area contributed by atoms with Crippen molar-refractivity contribution >= 4 is 17.8 Å². The van der Waals surface area contributed by atoms with Crippen LogP contribution in [0.5, 0.6) is 11.5 Å². The van der Waals surface area contributed by atoms with Crippen LogP contribution in [0.15, 0.2) is 91.0 Å². The summed E-state index contributed by atoms with van der Waals surface area (Å²) < 4.78 is 10.9. The molecule has 0 radical (unpaired) electrons. The Morgan fingerprint density at radius 1 is 0.818 bits per heavy atom. The van der Waals surface area contributed by atoms with Crippen LogP contribution in [-0.2, 0) is 11.2 Å². The maximum atomic E-state index is 14.1. The van der Waals surface area contributed by atoms with E-state index in [1.807, 2.05) is 68.4 Å². The summed E-state index contributed by atoms with van der Waals surface area (Å²) in [7, 11) is 3.15. The van der Waals surface area contributed by atoms with Crippen LogP contribution in [-0.4, -0.2) is 55.1 Å². The molecule has 8 heteroatoms. The minimum atomic E-state index is -1.00. The number of carboxylic acid groups (broad SMARTS) is 1. The van der Waals surface area contributed by atoms with Gasteiger partial charge in [-0.3, -0.25) is 14.4 Å². The van der Waals surface area contributed by atoms with Crippen molar-refractivity contribution in [1.29, 1.82) is 0 Å². The van der Waals surface area contributed by atoms with E-state index in [4.69, 9.17) is 9.47 Å². The number of rotatable bonds is 13. The highest BCUT2D eigenvalue weighted by Crippen LogP contribution is 2.30. The summed E-state index contributed by atoms with van der Waals surface area (Å²) in [4.78, 5) is 40.7. The van der Waals surface area contributed by atoms with Gasteiger partial charge in [0.2, 0.25) is 0 Å². The van der Waals surface area contributed by atoms with Gasteiger partial charge in [0.25, 0.3) is 11.8 Å². The smallest absolute Gasteiger partial charge is 0.305 e. The van der Waals surface area contributed by atoms with Crippen LogP contribution < -0.4 is 14.8 Å². The number of carbonyl (C=O) groups is 3. The molecule has 0 fully saturated rings. The van der Waals surface area contributed by atoms with Crippen molar-refractivity contribution in [3.8, 4) is 22.6 Å². The number of ether oxygens (including phenoxy) is 2. The van der Waals surface area contributed by atoms with Crippen LogP contribution in [0, 0.1) is 6.92 Å². The number of hydrogen-bond donors (Lipinski definition) is 2. The first-order valence-electron chi connectivity index (χ1n) is 14.5. The number of aryl methyl sites for hydroxylation is 1. The molecular weight excluding hydrogens is 556 g/mol. The Labute approximate surface area is 258 Å². The first-order valence-corrected chi connectivity index (χ1v) is 14.5. The van der Waals surface area contributed by atoms with E-state index in [9.17, 15) is 19.5 Å². The van der Waals surface area contributed by atoms with Gasteiger partial charge < -0.3 is 24.8 Å². The van der Waals surface area contributed by atoms with Crippen molar-refractivity contribution in [2.75, 3.05) is 27.3 Å². The van der Waals surface area contributed by atoms with Gasteiger partial charge in [-0.25, -0.2) is 0 Å². The molecule has 0 heterocycles. The Bertz CT molecular complexity index is 1620. The zero-order chi connectivity index (χ0) is 31.6. The Hall–Kier alpha value is -5.11. The Morgan fingerprint density at radius 2 is 1.45 bits per heavy atom. The van der Waals surface area contributed by atoms with Gasteiger partial charge in [0.1, 0.15) is 11.5 Å². The highest BCUT2D eigenvalue weighted by molar-refractivity contribution is 6.06. The molecule has 4 aromatic rings. The highest BCUT2D eigenvalue weighted by atomic mass is 16.5. The highest BCUT2D eigenvalue weighted by Gasteiger charge is 2.23. The molecule has 0 bridgehead atoms. The maximum absolute atomic E-state index is 14.1. The molecular formula is C36H38N2O6. The molecule has 8 nitrogen and oxygen atoms in total. The second kappa shape index (κ2) is 14.9. The normalized spacial score (nSPS) is 11.4. The van der Waals surface area contributed by atoms with Crippen LogP contribution in [0.25, 0.3) is 11.1 Å². The number of methoxy groups -OCH3 is 2. The molecule has 0 aliphatic heterocycles. The summed E-state index contributed by atoms with van der Waals surface area (Å²) in [6.45, 7) is 4.21. The van der Waals surface area contributed by atoms with E-state index in [0.29, 0.717) is 40.2 Å². The van der Waals surface area contributed by atoms with E-state index in [1.54, 1.807) is 50.6 Å². The van der Waals surface area contributed by atoms with Crippen molar-refractivity contribution < 1.29 is 29.0 Å². The number of hydrogen-bond acceptors (Lipinski definition) is 5. The van der Waals surface area contributed by atoms with Crippen molar-refractivity contribution in [3.63, 3.8) is 0 Å². The van der Waals surface area contributed by atoms with Crippen LogP contribution in [0.3, 0.4) is 0 Å². The third-order valence-corrected chi connectivity index (χ3v) is 7.57. The lowest BCUT2D eigenvalue weighted by atomic mass is 9.94. The molecule has 0 spiro atoms. The fourth-order valence-corrected chi connectivity index (χ4v) is 5.08. The van der Waals surface area contributed by atoms with Crippen molar-refractivity contribution in [3.05, 3.63) is 119 Å². The summed E-state index contributed by atoms with van der Waals surface area (Å²) in [5.41, 5.74) is 4.96. The number of amides is 2. The summed E-state index contributed by atoms with van der Waals surface area (Å²) in [6.07, 6.45) is 0.211. The predicted molar refractivity (Wildman–Crippen MR) is 170 cm³/mol. The van der Waals surface area contributed by atoms with E-state index >= 15 is 0 Å². The third kappa shape index (κ3) is 7.83. The van der Waals surface area contributed by atoms with Crippen molar-refractivity contribution in [1.82, 2.24) is 10.2 Å². The fourth-order valence-electron chi connectivity index (χ4n) is 5.08. The lowest BCUT2D eigenvalue weighted by Gasteiger charge is -2.24. The molecule has 4 rings (SSSR count). The van der Waals surface area contributed by atoms with Gasteiger partial charge in [-0.2, -0.15) is 0 Å². The first-order chi connectivity index (χ1) is 21.2. The molecule has 2 N–H and O–H groups in total. The monoisotopic (exact) mass is 594 g/mol. The summed E-state index contributed by atoms with van der Waals surface area (Å²) >= 11 is 0. The molecule has 228 valence electrons. The number of nitrogens with zero attached hydrogens (tertiary/aromatic N) is 1. The Balaban J connectivity index is 1.64. The van der Waals surface area contributed by atoms with Crippen LogP contribution in [0.1, 0.15) is 56.8 Å². The number of aliphatic carboxylic acids is 1. The second-order valence-electron chi connectivity index (χ2n) is 10.6. The van der Waals surface area contributed by atoms with Crippen LogP contribution in [0.2, 0.25) is 0 Å². The van der Waals surface area contributed by atoms with E-state index < -0.39 is 5.97 Å². The topological polar surface area (TPSA) is 105 Å². The Kier molecular flexibility index (Phi) is 10.8. The minimum absolute atomic E-state index is 0.0188. The van der Waals surface area contributed by atoms with Crippen LogP contribution >= 0.6 is 0 Å². The van der Waals surface area contributed by atoms with Gasteiger partial charge in [-0.15, -0.1) is 0 Å². The predicted octanol–water partition coefficient (Wildman–Crippen LogP) is 6.33. The lowest BCUT2D eigenvalue weighted by molar-refractivity contribution is -0.137. The van der Waals surface area contributed by atoms with Gasteiger partial charge in [0.05, 0.1) is 26.7 Å². The standard InChI is InChI=1S/C36H38N2O6/c1-24-13-15-26(16-14-24)25(2)37-35(41)31-11-7-5-9-29(31)30-10-6-8-12-32(30)36(42)38(22-20-34(39)40)21-19-27-23-28(43-3)17-18-33(27)44-4/h5-18,23,25H,19-22H2,1-4H3,(H,37,41)(H,39,40)/t25-/m1/s1. The average molecular weight is 595 g/mol. The number of benzene rings is 4. The van der Waals surface area contributed by atoms with E-state index in [1.165, 1.54) is 4.90 Å². The number of carboxylic acids is 1. The summed E-state index contributed by atoms with van der Waals surface area (Å²) in [5, 5.41) is 12.5. The van der Waals surface area contributed by atoms with Gasteiger partial charge in [0.15, 0.2) is 0 Å². The first kappa shape index (κ1) is 31.8. The van der Waals surface area contributed by atoms with Crippen molar-refractivity contribution in [2.45, 2.75) is 32.7 Å². The maximum Gasteiger partial charge on any atom is 0.305 e. The molecule has 0 saturated carbocycles. The Morgan fingerprint density at radius 3 is 2.09 bits per heavy atom. The zero-order valence-corrected chi connectivity index (χ0v) is 25.5. The summed E-state index contributed by atoms with van der Waals surface area (Å²) in [5.74, 6) is -0.284. The lowest BCUT2D eigenvalue weighted by Crippen LogP contribution is -2.35. The molecule has 4 aromatic carbocycles. The number of nitrogens with one attached hydrogen (secondary N) is 1.